The van der Waals surface area contributed by atoms with E-state index < -0.39 is 0 Å². The fraction of sp³-hybridized carbons (Fsp3) is 0.900. The van der Waals surface area contributed by atoms with Crippen molar-refractivity contribution >= 4 is 5.91 Å². The number of hydrogen-bond acceptors (Lipinski definition) is 2. The van der Waals surface area contributed by atoms with Crippen LogP contribution in [0.2, 0.25) is 0 Å². The number of nitrogens with two attached hydrogens (primary N) is 1. The van der Waals surface area contributed by atoms with Gasteiger partial charge in [-0.3, -0.25) is 4.79 Å². The number of amides is 1. The van der Waals surface area contributed by atoms with E-state index in [1.165, 1.54) is 12.8 Å². The van der Waals surface area contributed by atoms with Gasteiger partial charge in [0.15, 0.2) is 0 Å². The molecule has 74 valence electrons. The SMILES string of the molecule is NC1(CNC(=O)C2CCC2)CCC1. The van der Waals surface area contributed by atoms with E-state index in [9.17, 15) is 4.79 Å². The first kappa shape index (κ1) is 9.00. The molecule has 3 heteroatoms. The molecule has 0 atom stereocenters. The Morgan fingerprint density at radius 3 is 2.46 bits per heavy atom. The lowest BCUT2D eigenvalue weighted by Crippen LogP contribution is -2.55. The van der Waals surface area contributed by atoms with Crippen molar-refractivity contribution in [1.29, 1.82) is 0 Å². The Kier molecular flexibility index (Phi) is 2.28. The molecule has 0 aliphatic heterocycles. The fourth-order valence-corrected chi connectivity index (χ4v) is 1.89. The molecule has 13 heavy (non-hydrogen) atoms. The molecule has 0 aromatic heterocycles. The van der Waals surface area contributed by atoms with Crippen LogP contribution >= 0.6 is 0 Å². The van der Waals surface area contributed by atoms with Gasteiger partial charge in [0.1, 0.15) is 0 Å². The zero-order valence-electron chi connectivity index (χ0n) is 8.01. The predicted molar refractivity (Wildman–Crippen MR) is 51.1 cm³/mol. The molecule has 0 aromatic rings. The summed E-state index contributed by atoms with van der Waals surface area (Å²) >= 11 is 0. The van der Waals surface area contributed by atoms with Crippen LogP contribution in [-0.2, 0) is 4.79 Å². The molecule has 0 bridgehead atoms. The summed E-state index contributed by atoms with van der Waals surface area (Å²) in [7, 11) is 0. The minimum absolute atomic E-state index is 0.0700. The highest BCUT2D eigenvalue weighted by atomic mass is 16.1. The molecular formula is C10H18N2O. The highest BCUT2D eigenvalue weighted by Gasteiger charge is 2.34. The Bertz CT molecular complexity index is 207. The molecule has 0 aromatic carbocycles. The van der Waals surface area contributed by atoms with Crippen molar-refractivity contribution in [1.82, 2.24) is 5.32 Å². The Hall–Kier alpha value is -0.570. The van der Waals surface area contributed by atoms with E-state index in [-0.39, 0.29) is 11.4 Å². The van der Waals surface area contributed by atoms with Crippen LogP contribution in [0.3, 0.4) is 0 Å². The third kappa shape index (κ3) is 1.85. The average molecular weight is 182 g/mol. The number of nitrogens with one attached hydrogen (secondary N) is 1. The first-order valence-electron chi connectivity index (χ1n) is 5.26. The highest BCUT2D eigenvalue weighted by molar-refractivity contribution is 5.79. The lowest BCUT2D eigenvalue weighted by atomic mass is 9.77. The minimum atomic E-state index is -0.0700. The van der Waals surface area contributed by atoms with Crippen molar-refractivity contribution in [3.8, 4) is 0 Å². The van der Waals surface area contributed by atoms with Crippen LogP contribution < -0.4 is 11.1 Å². The summed E-state index contributed by atoms with van der Waals surface area (Å²) in [6, 6.07) is 0. The van der Waals surface area contributed by atoms with Gasteiger partial charge in [0, 0.05) is 18.0 Å². The van der Waals surface area contributed by atoms with Gasteiger partial charge in [-0.1, -0.05) is 6.42 Å². The maximum atomic E-state index is 11.4. The maximum Gasteiger partial charge on any atom is 0.223 e. The molecular weight excluding hydrogens is 164 g/mol. The van der Waals surface area contributed by atoms with Crippen LogP contribution in [0.4, 0.5) is 0 Å². The maximum absolute atomic E-state index is 11.4. The van der Waals surface area contributed by atoms with Crippen LogP contribution in [0.25, 0.3) is 0 Å². The first-order valence-corrected chi connectivity index (χ1v) is 5.26. The quantitative estimate of drug-likeness (QED) is 0.678. The third-order valence-corrected chi connectivity index (χ3v) is 3.44. The lowest BCUT2D eigenvalue weighted by Gasteiger charge is -2.38. The second kappa shape index (κ2) is 3.29. The van der Waals surface area contributed by atoms with Gasteiger partial charge in [-0.05, 0) is 32.1 Å². The Morgan fingerprint density at radius 2 is 2.08 bits per heavy atom. The number of carbonyl (C=O) groups is 1. The molecule has 0 heterocycles. The van der Waals surface area contributed by atoms with Crippen molar-refractivity contribution in [3.63, 3.8) is 0 Å². The predicted octanol–water partition coefficient (Wildman–Crippen LogP) is 0.784. The first-order chi connectivity index (χ1) is 6.20. The molecule has 3 nitrogen and oxygen atoms in total. The summed E-state index contributed by atoms with van der Waals surface area (Å²) in [4.78, 5) is 11.4. The van der Waals surface area contributed by atoms with E-state index in [1.54, 1.807) is 0 Å². The zero-order valence-corrected chi connectivity index (χ0v) is 8.01. The van der Waals surface area contributed by atoms with E-state index in [1.807, 2.05) is 0 Å². The van der Waals surface area contributed by atoms with Gasteiger partial charge in [0.25, 0.3) is 0 Å². The van der Waals surface area contributed by atoms with Gasteiger partial charge >= 0.3 is 0 Å². The van der Waals surface area contributed by atoms with Crippen molar-refractivity contribution in [3.05, 3.63) is 0 Å². The minimum Gasteiger partial charge on any atom is -0.354 e. The van der Waals surface area contributed by atoms with E-state index in [0.29, 0.717) is 12.5 Å². The molecule has 2 rings (SSSR count). The average Bonchev–Trinajstić information content (AvgIpc) is 1.94. The summed E-state index contributed by atoms with van der Waals surface area (Å²) in [5.74, 6) is 0.520. The summed E-state index contributed by atoms with van der Waals surface area (Å²) < 4.78 is 0. The van der Waals surface area contributed by atoms with Crippen LogP contribution in [-0.4, -0.2) is 18.0 Å². The largest absolute Gasteiger partial charge is 0.354 e. The molecule has 0 spiro atoms. The summed E-state index contributed by atoms with van der Waals surface area (Å²) in [6.45, 7) is 0.683. The molecule has 0 unspecified atom stereocenters. The van der Waals surface area contributed by atoms with Crippen LogP contribution in [0.15, 0.2) is 0 Å². The molecule has 1 amide bonds. The molecule has 0 radical (unpaired) electrons. The summed E-state index contributed by atoms with van der Waals surface area (Å²) in [5, 5.41) is 2.96. The van der Waals surface area contributed by atoms with Crippen LogP contribution in [0.5, 0.6) is 0 Å². The van der Waals surface area contributed by atoms with Crippen LogP contribution in [0, 0.1) is 5.92 Å². The number of carbonyl (C=O) groups excluding carboxylic acids is 1. The van der Waals surface area contributed by atoms with Crippen molar-refractivity contribution in [2.24, 2.45) is 11.7 Å². The van der Waals surface area contributed by atoms with E-state index in [0.717, 1.165) is 25.7 Å². The van der Waals surface area contributed by atoms with E-state index >= 15 is 0 Å². The Labute approximate surface area is 79.1 Å². The molecule has 2 aliphatic rings. The Balaban J connectivity index is 1.69. The van der Waals surface area contributed by atoms with Gasteiger partial charge in [-0.25, -0.2) is 0 Å². The van der Waals surface area contributed by atoms with Gasteiger partial charge in [0.2, 0.25) is 5.91 Å². The van der Waals surface area contributed by atoms with Gasteiger partial charge < -0.3 is 11.1 Å². The second-order valence-electron chi connectivity index (χ2n) is 4.56. The van der Waals surface area contributed by atoms with Crippen molar-refractivity contribution in [2.75, 3.05) is 6.54 Å². The van der Waals surface area contributed by atoms with Crippen molar-refractivity contribution in [2.45, 2.75) is 44.1 Å². The monoisotopic (exact) mass is 182 g/mol. The third-order valence-electron chi connectivity index (χ3n) is 3.44. The van der Waals surface area contributed by atoms with Gasteiger partial charge in [0.05, 0.1) is 0 Å². The summed E-state index contributed by atoms with van der Waals surface area (Å²) in [6.07, 6.45) is 6.71. The van der Waals surface area contributed by atoms with Gasteiger partial charge in [-0.2, -0.15) is 0 Å². The highest BCUT2D eigenvalue weighted by Crippen LogP contribution is 2.29. The molecule has 2 fully saturated rings. The van der Waals surface area contributed by atoms with Gasteiger partial charge in [-0.15, -0.1) is 0 Å². The lowest BCUT2D eigenvalue weighted by molar-refractivity contribution is -0.127. The van der Waals surface area contributed by atoms with E-state index in [4.69, 9.17) is 5.73 Å². The number of hydrogen-bond donors (Lipinski definition) is 2. The number of rotatable bonds is 3. The molecule has 3 N–H and O–H groups in total. The Morgan fingerprint density at radius 1 is 1.38 bits per heavy atom. The molecule has 2 aliphatic carbocycles. The standard InChI is InChI=1S/C10H18N2O/c11-10(5-2-6-10)7-12-9(13)8-3-1-4-8/h8H,1-7,11H2,(H,12,13). The van der Waals surface area contributed by atoms with E-state index in [2.05, 4.69) is 5.32 Å². The molecule has 0 saturated heterocycles. The topological polar surface area (TPSA) is 55.1 Å². The van der Waals surface area contributed by atoms with Crippen LogP contribution in [0.1, 0.15) is 38.5 Å². The second-order valence-corrected chi connectivity index (χ2v) is 4.56. The van der Waals surface area contributed by atoms with Crippen molar-refractivity contribution < 1.29 is 4.79 Å². The zero-order chi connectivity index (χ0) is 9.31. The molecule has 2 saturated carbocycles. The smallest absolute Gasteiger partial charge is 0.223 e. The summed E-state index contributed by atoms with van der Waals surface area (Å²) in [5.41, 5.74) is 5.93. The fourth-order valence-electron chi connectivity index (χ4n) is 1.89. The normalized spacial score (nSPS) is 25.9.